The summed E-state index contributed by atoms with van der Waals surface area (Å²) in [4.78, 5) is 18.3. The molecule has 1 heterocycles. The largest absolute Gasteiger partial charge is 0.413 e. The summed E-state index contributed by atoms with van der Waals surface area (Å²) >= 11 is 5.88. The van der Waals surface area contributed by atoms with Gasteiger partial charge < -0.3 is 15.0 Å². The van der Waals surface area contributed by atoms with Crippen LogP contribution in [0.15, 0.2) is 42.6 Å². The van der Waals surface area contributed by atoms with Gasteiger partial charge >= 0.3 is 6.09 Å². The molecule has 0 atom stereocenters. The molecular formula is C19H24ClN3O2. The monoisotopic (exact) mass is 361 g/mol. The van der Waals surface area contributed by atoms with Gasteiger partial charge in [0.15, 0.2) is 0 Å². The fraction of sp³-hybridized carbons (Fsp3) is 0.368. The molecule has 134 valence electrons. The summed E-state index contributed by atoms with van der Waals surface area (Å²) in [5.74, 6) is 0.277. The number of carbonyl (C=O) groups is 1. The minimum Gasteiger partial charge on any atom is -0.391 e. The molecule has 1 aromatic carbocycles. The first kappa shape index (κ1) is 19.2. The van der Waals surface area contributed by atoms with E-state index in [0.717, 1.165) is 37.2 Å². The van der Waals surface area contributed by atoms with Gasteiger partial charge in [0.25, 0.3) is 0 Å². The maximum absolute atomic E-state index is 11.8. The van der Waals surface area contributed by atoms with Gasteiger partial charge in [-0.3, -0.25) is 0 Å². The van der Waals surface area contributed by atoms with E-state index in [1.807, 2.05) is 30.3 Å². The zero-order valence-corrected chi connectivity index (χ0v) is 15.4. The highest BCUT2D eigenvalue weighted by Gasteiger charge is 2.06. The molecule has 2 aromatic rings. The van der Waals surface area contributed by atoms with Crippen molar-refractivity contribution >= 4 is 17.7 Å². The molecule has 1 N–H and O–H groups in total. The zero-order valence-electron chi connectivity index (χ0n) is 14.7. The molecule has 6 heteroatoms. The van der Waals surface area contributed by atoms with E-state index in [1.165, 1.54) is 0 Å². The first-order valence-electron chi connectivity index (χ1n) is 8.52. The number of halogens is 1. The average Bonchev–Trinajstić information content (AvgIpc) is 2.63. The van der Waals surface area contributed by atoms with E-state index < -0.39 is 6.09 Å². The molecule has 0 spiro atoms. The predicted octanol–water partition coefficient (Wildman–Crippen LogP) is 4.22. The van der Waals surface area contributed by atoms with E-state index >= 15 is 0 Å². The van der Waals surface area contributed by atoms with Crippen LogP contribution in [0.4, 0.5) is 4.79 Å². The van der Waals surface area contributed by atoms with Crippen molar-refractivity contribution in [3.05, 3.63) is 47.6 Å². The predicted molar refractivity (Wildman–Crippen MR) is 101 cm³/mol. The lowest BCUT2D eigenvalue weighted by atomic mass is 10.1. The van der Waals surface area contributed by atoms with Gasteiger partial charge in [-0.15, -0.1) is 0 Å². The lowest BCUT2D eigenvalue weighted by Gasteiger charge is -2.17. The van der Waals surface area contributed by atoms with Crippen molar-refractivity contribution < 1.29 is 9.53 Å². The fourth-order valence-electron chi connectivity index (χ4n) is 2.42. The highest BCUT2D eigenvalue weighted by molar-refractivity contribution is 6.30. The van der Waals surface area contributed by atoms with E-state index in [4.69, 9.17) is 16.3 Å². The van der Waals surface area contributed by atoms with Crippen molar-refractivity contribution in [3.63, 3.8) is 0 Å². The number of benzene rings is 1. The third-order valence-corrected chi connectivity index (χ3v) is 4.18. The molecule has 0 bridgehead atoms. The van der Waals surface area contributed by atoms with Gasteiger partial charge in [-0.05, 0) is 49.8 Å². The molecule has 0 unspecified atom stereocenters. The molecule has 1 amide bonds. The minimum absolute atomic E-state index is 0.277. The molecule has 0 aliphatic heterocycles. The molecule has 0 radical (unpaired) electrons. The minimum atomic E-state index is -0.480. The molecule has 25 heavy (non-hydrogen) atoms. The van der Waals surface area contributed by atoms with Crippen LogP contribution in [0.25, 0.3) is 11.1 Å². The van der Waals surface area contributed by atoms with Gasteiger partial charge in [0.2, 0.25) is 5.88 Å². The molecule has 0 aliphatic carbocycles. The summed E-state index contributed by atoms with van der Waals surface area (Å²) in [5, 5.41) is 3.43. The van der Waals surface area contributed by atoms with Crippen LogP contribution in [0, 0.1) is 0 Å². The summed E-state index contributed by atoms with van der Waals surface area (Å²) in [6.07, 6.45) is 2.08. The maximum atomic E-state index is 11.8. The molecule has 0 fully saturated rings. The Morgan fingerprint density at radius 3 is 2.40 bits per heavy atom. The van der Waals surface area contributed by atoms with Gasteiger partial charge in [-0.1, -0.05) is 37.6 Å². The molecule has 1 aromatic heterocycles. The number of rotatable bonds is 8. The summed E-state index contributed by atoms with van der Waals surface area (Å²) < 4.78 is 5.19. The number of hydrogen-bond donors (Lipinski definition) is 1. The smallest absolute Gasteiger partial charge is 0.391 e. The van der Waals surface area contributed by atoms with Crippen molar-refractivity contribution in [1.29, 1.82) is 0 Å². The van der Waals surface area contributed by atoms with Gasteiger partial charge in [-0.25, -0.2) is 9.78 Å². The Labute approximate surface area is 154 Å². The zero-order chi connectivity index (χ0) is 18.1. The Kier molecular flexibility index (Phi) is 7.70. The normalized spacial score (nSPS) is 10.7. The lowest BCUT2D eigenvalue weighted by molar-refractivity contribution is 0.197. The van der Waals surface area contributed by atoms with Crippen molar-refractivity contribution in [2.75, 3.05) is 26.2 Å². The van der Waals surface area contributed by atoms with E-state index in [1.54, 1.807) is 12.3 Å². The number of nitrogens with one attached hydrogen (secondary N) is 1. The summed E-state index contributed by atoms with van der Waals surface area (Å²) in [5.41, 5.74) is 1.94. The summed E-state index contributed by atoms with van der Waals surface area (Å²) in [6, 6.07) is 11.0. The van der Waals surface area contributed by atoms with E-state index in [9.17, 15) is 4.79 Å². The highest BCUT2D eigenvalue weighted by Crippen LogP contribution is 2.22. The Morgan fingerprint density at radius 2 is 1.80 bits per heavy atom. The lowest BCUT2D eigenvalue weighted by Crippen LogP contribution is -2.31. The first-order chi connectivity index (χ1) is 12.1. The Bertz CT molecular complexity index is 655. The number of carbonyl (C=O) groups excluding carboxylic acids is 1. The van der Waals surface area contributed by atoms with Crippen LogP contribution >= 0.6 is 11.6 Å². The number of aromatic nitrogens is 1. The van der Waals surface area contributed by atoms with Crippen molar-refractivity contribution in [1.82, 2.24) is 15.2 Å². The Hall–Kier alpha value is -2.11. The van der Waals surface area contributed by atoms with E-state index in [2.05, 4.69) is 29.0 Å². The molecule has 2 rings (SSSR count). The maximum Gasteiger partial charge on any atom is 0.413 e. The van der Waals surface area contributed by atoms with Gasteiger partial charge in [0, 0.05) is 29.4 Å². The molecule has 0 saturated heterocycles. The molecular weight excluding hydrogens is 338 g/mol. The van der Waals surface area contributed by atoms with Gasteiger partial charge in [0.05, 0.1) is 0 Å². The van der Waals surface area contributed by atoms with Crippen molar-refractivity contribution in [2.45, 2.75) is 20.3 Å². The molecule has 0 saturated carbocycles. The standard InChI is InChI=1S/C19H24ClN3O2/c1-3-23(4-2)13-5-12-21-19(24)25-18-11-8-16(14-22-18)15-6-9-17(20)10-7-15/h6-11,14H,3-5,12-13H2,1-2H3,(H,21,24). The fourth-order valence-corrected chi connectivity index (χ4v) is 2.54. The van der Waals surface area contributed by atoms with Crippen LogP contribution in [0.3, 0.4) is 0 Å². The highest BCUT2D eigenvalue weighted by atomic mass is 35.5. The molecule has 0 aliphatic rings. The second-order valence-electron chi connectivity index (χ2n) is 5.59. The third-order valence-electron chi connectivity index (χ3n) is 3.93. The van der Waals surface area contributed by atoms with Crippen molar-refractivity contribution in [3.8, 4) is 17.0 Å². The van der Waals surface area contributed by atoms with Crippen LogP contribution in [-0.4, -0.2) is 42.2 Å². The molecule has 5 nitrogen and oxygen atoms in total. The number of amides is 1. The number of nitrogens with zero attached hydrogens (tertiary/aromatic N) is 2. The first-order valence-corrected chi connectivity index (χ1v) is 8.90. The van der Waals surface area contributed by atoms with Crippen LogP contribution in [0.2, 0.25) is 5.02 Å². The van der Waals surface area contributed by atoms with Crippen LogP contribution < -0.4 is 10.1 Å². The van der Waals surface area contributed by atoms with Crippen LogP contribution in [0.1, 0.15) is 20.3 Å². The van der Waals surface area contributed by atoms with Crippen molar-refractivity contribution in [2.24, 2.45) is 0 Å². The second-order valence-corrected chi connectivity index (χ2v) is 6.03. The third kappa shape index (κ3) is 6.36. The SMILES string of the molecule is CCN(CC)CCCNC(=O)Oc1ccc(-c2ccc(Cl)cc2)cn1. The Morgan fingerprint density at radius 1 is 1.12 bits per heavy atom. The van der Waals surface area contributed by atoms with Crippen LogP contribution in [-0.2, 0) is 0 Å². The topological polar surface area (TPSA) is 54.5 Å². The van der Waals surface area contributed by atoms with Gasteiger partial charge in [0.1, 0.15) is 0 Å². The van der Waals surface area contributed by atoms with E-state index in [-0.39, 0.29) is 5.88 Å². The van der Waals surface area contributed by atoms with Crippen LogP contribution in [0.5, 0.6) is 5.88 Å². The summed E-state index contributed by atoms with van der Waals surface area (Å²) in [6.45, 7) is 7.84. The average molecular weight is 362 g/mol. The van der Waals surface area contributed by atoms with Gasteiger partial charge in [-0.2, -0.15) is 0 Å². The number of pyridine rings is 1. The number of ether oxygens (including phenoxy) is 1. The second kappa shape index (κ2) is 10.0. The summed E-state index contributed by atoms with van der Waals surface area (Å²) in [7, 11) is 0. The van der Waals surface area contributed by atoms with E-state index in [0.29, 0.717) is 11.6 Å². The Balaban J connectivity index is 1.78. The quantitative estimate of drug-likeness (QED) is 0.715. The number of hydrogen-bond acceptors (Lipinski definition) is 4.